The predicted octanol–water partition coefficient (Wildman–Crippen LogP) is 2.82. The number of anilines is 1. The quantitative estimate of drug-likeness (QED) is 0.448. The van der Waals surface area contributed by atoms with Crippen LogP contribution in [0.5, 0.6) is 0 Å². The number of aliphatic hydroxyl groups is 1. The third-order valence-electron chi connectivity index (χ3n) is 2.31. The van der Waals surface area contributed by atoms with Crippen molar-refractivity contribution < 1.29 is 10.0 Å². The highest BCUT2D eigenvalue weighted by Crippen LogP contribution is 2.27. The molecular weight excluding hydrogens is 244 g/mol. The molecule has 0 saturated carbocycles. The van der Waals surface area contributed by atoms with Crippen LogP contribution in [0.3, 0.4) is 0 Å². The minimum Gasteiger partial charge on any atom is -0.396 e. The summed E-state index contributed by atoms with van der Waals surface area (Å²) >= 11 is 5.70. The van der Waals surface area contributed by atoms with Crippen molar-refractivity contribution in [1.82, 2.24) is 0 Å². The van der Waals surface area contributed by atoms with Gasteiger partial charge in [-0.3, -0.25) is 10.1 Å². The van der Waals surface area contributed by atoms with E-state index in [4.69, 9.17) is 16.7 Å². The molecule has 94 valence electrons. The third-order valence-corrected chi connectivity index (χ3v) is 2.63. The average Bonchev–Trinajstić information content (AvgIpc) is 2.30. The van der Waals surface area contributed by atoms with Gasteiger partial charge in [-0.05, 0) is 31.4 Å². The van der Waals surface area contributed by atoms with Crippen molar-refractivity contribution in [3.8, 4) is 0 Å². The highest BCUT2D eigenvalue weighted by molar-refractivity contribution is 6.32. The van der Waals surface area contributed by atoms with E-state index in [1.165, 1.54) is 12.1 Å². The monoisotopic (exact) mass is 258 g/mol. The highest BCUT2D eigenvalue weighted by Gasteiger charge is 2.12. The van der Waals surface area contributed by atoms with Crippen LogP contribution in [0, 0.1) is 10.1 Å². The van der Waals surface area contributed by atoms with E-state index >= 15 is 0 Å². The average molecular weight is 259 g/mol. The van der Waals surface area contributed by atoms with Crippen LogP contribution in [0.15, 0.2) is 18.2 Å². The van der Waals surface area contributed by atoms with Crippen LogP contribution < -0.4 is 5.32 Å². The summed E-state index contributed by atoms with van der Waals surface area (Å²) < 4.78 is 0. The summed E-state index contributed by atoms with van der Waals surface area (Å²) in [5, 5.41) is 22.5. The topological polar surface area (TPSA) is 75.4 Å². The number of hydrogen-bond donors (Lipinski definition) is 2. The van der Waals surface area contributed by atoms with E-state index in [9.17, 15) is 10.1 Å². The van der Waals surface area contributed by atoms with Crippen LogP contribution in [-0.4, -0.2) is 23.2 Å². The Bertz CT molecular complexity index is 385. The van der Waals surface area contributed by atoms with Crippen molar-refractivity contribution in [1.29, 1.82) is 0 Å². The molecule has 2 N–H and O–H groups in total. The van der Waals surface area contributed by atoms with E-state index in [2.05, 4.69) is 5.32 Å². The van der Waals surface area contributed by atoms with Gasteiger partial charge in [-0.25, -0.2) is 0 Å². The number of benzene rings is 1. The lowest BCUT2D eigenvalue weighted by atomic mass is 10.2. The van der Waals surface area contributed by atoms with E-state index < -0.39 is 4.92 Å². The Morgan fingerprint density at radius 3 is 2.76 bits per heavy atom. The second-order valence-electron chi connectivity index (χ2n) is 3.63. The lowest BCUT2D eigenvalue weighted by Crippen LogP contribution is -2.02. The van der Waals surface area contributed by atoms with Crippen molar-refractivity contribution in [2.75, 3.05) is 18.5 Å². The van der Waals surface area contributed by atoms with E-state index in [1.54, 1.807) is 6.07 Å². The molecule has 0 saturated heterocycles. The number of unbranched alkanes of at least 4 members (excludes halogenated alkanes) is 2. The highest BCUT2D eigenvalue weighted by atomic mass is 35.5. The van der Waals surface area contributed by atoms with Gasteiger partial charge in [0.25, 0.3) is 5.69 Å². The molecule has 1 aromatic carbocycles. The van der Waals surface area contributed by atoms with Gasteiger partial charge in [0.2, 0.25) is 0 Å². The van der Waals surface area contributed by atoms with Gasteiger partial charge in [-0.15, -0.1) is 0 Å². The van der Waals surface area contributed by atoms with Gasteiger partial charge in [-0.1, -0.05) is 11.6 Å². The first-order chi connectivity index (χ1) is 8.15. The molecule has 0 unspecified atom stereocenters. The number of nitro groups is 1. The molecule has 0 bridgehead atoms. The lowest BCUT2D eigenvalue weighted by Gasteiger charge is -2.06. The van der Waals surface area contributed by atoms with Crippen LogP contribution >= 0.6 is 11.6 Å². The molecule has 5 nitrogen and oxygen atoms in total. The number of hydrogen-bond acceptors (Lipinski definition) is 4. The fraction of sp³-hybridized carbons (Fsp3) is 0.455. The molecule has 0 radical (unpaired) electrons. The van der Waals surface area contributed by atoms with Gasteiger partial charge in [0.05, 0.1) is 4.92 Å². The third kappa shape index (κ3) is 4.58. The number of aliphatic hydroxyl groups excluding tert-OH is 1. The van der Waals surface area contributed by atoms with Gasteiger partial charge in [-0.2, -0.15) is 0 Å². The Balaban J connectivity index is 2.49. The SMILES string of the molecule is O=[N+]([O-])c1cc(NCCCCCO)ccc1Cl. The summed E-state index contributed by atoms with van der Waals surface area (Å²) in [6, 6.07) is 4.64. The van der Waals surface area contributed by atoms with Crippen molar-refractivity contribution in [3.05, 3.63) is 33.3 Å². The zero-order valence-corrected chi connectivity index (χ0v) is 10.1. The molecule has 0 aliphatic carbocycles. The van der Waals surface area contributed by atoms with E-state index in [0.717, 1.165) is 25.8 Å². The summed E-state index contributed by atoms with van der Waals surface area (Å²) in [5.74, 6) is 0. The summed E-state index contributed by atoms with van der Waals surface area (Å²) in [6.07, 6.45) is 2.62. The number of nitrogens with zero attached hydrogens (tertiary/aromatic N) is 1. The maximum atomic E-state index is 10.7. The predicted molar refractivity (Wildman–Crippen MR) is 67.5 cm³/mol. The van der Waals surface area contributed by atoms with E-state index in [0.29, 0.717) is 5.69 Å². The van der Waals surface area contributed by atoms with Crippen LogP contribution in [-0.2, 0) is 0 Å². The molecule has 0 aliphatic rings. The largest absolute Gasteiger partial charge is 0.396 e. The van der Waals surface area contributed by atoms with Crippen LogP contribution in [0.1, 0.15) is 19.3 Å². The second kappa shape index (κ2) is 7.09. The van der Waals surface area contributed by atoms with Crippen molar-refractivity contribution >= 4 is 23.0 Å². The van der Waals surface area contributed by atoms with Crippen molar-refractivity contribution in [2.24, 2.45) is 0 Å². The fourth-order valence-electron chi connectivity index (χ4n) is 1.41. The second-order valence-corrected chi connectivity index (χ2v) is 4.04. The zero-order valence-electron chi connectivity index (χ0n) is 9.36. The maximum Gasteiger partial charge on any atom is 0.289 e. The Labute approximate surface area is 105 Å². The standard InChI is InChI=1S/C11H15ClN2O3/c12-10-5-4-9(8-11(10)14(16)17)13-6-2-1-3-7-15/h4-5,8,13,15H,1-3,6-7H2. The first-order valence-electron chi connectivity index (χ1n) is 5.44. The first-order valence-corrected chi connectivity index (χ1v) is 5.81. The molecule has 6 heteroatoms. The first kappa shape index (κ1) is 13.7. The lowest BCUT2D eigenvalue weighted by molar-refractivity contribution is -0.384. The number of halogens is 1. The molecule has 0 spiro atoms. The van der Waals surface area contributed by atoms with E-state index in [1.807, 2.05) is 0 Å². The Kier molecular flexibility index (Phi) is 5.72. The normalized spacial score (nSPS) is 10.2. The van der Waals surface area contributed by atoms with Gasteiger partial charge in [0, 0.05) is 24.9 Å². The molecule has 0 heterocycles. The van der Waals surface area contributed by atoms with E-state index in [-0.39, 0.29) is 17.3 Å². The number of nitro benzene ring substituents is 1. The van der Waals surface area contributed by atoms with Crippen LogP contribution in [0.25, 0.3) is 0 Å². The Hall–Kier alpha value is -1.33. The van der Waals surface area contributed by atoms with Gasteiger partial charge in [0.15, 0.2) is 0 Å². The molecule has 0 fully saturated rings. The summed E-state index contributed by atoms with van der Waals surface area (Å²) in [6.45, 7) is 0.922. The molecular formula is C11H15ClN2O3. The fourth-order valence-corrected chi connectivity index (χ4v) is 1.60. The van der Waals surface area contributed by atoms with Crippen LogP contribution in [0.4, 0.5) is 11.4 Å². The summed E-state index contributed by atoms with van der Waals surface area (Å²) in [4.78, 5) is 10.2. The number of rotatable bonds is 7. The van der Waals surface area contributed by atoms with Gasteiger partial charge in [0.1, 0.15) is 5.02 Å². The summed E-state index contributed by atoms with van der Waals surface area (Å²) in [7, 11) is 0. The minimum absolute atomic E-state index is 0.0907. The van der Waals surface area contributed by atoms with Gasteiger partial charge >= 0.3 is 0 Å². The van der Waals surface area contributed by atoms with Gasteiger partial charge < -0.3 is 10.4 Å². The van der Waals surface area contributed by atoms with Crippen LogP contribution in [0.2, 0.25) is 5.02 Å². The smallest absolute Gasteiger partial charge is 0.289 e. The van der Waals surface area contributed by atoms with Crippen molar-refractivity contribution in [2.45, 2.75) is 19.3 Å². The molecule has 1 aromatic rings. The molecule has 0 atom stereocenters. The Morgan fingerprint density at radius 1 is 1.35 bits per heavy atom. The molecule has 0 aromatic heterocycles. The molecule has 0 aliphatic heterocycles. The number of nitrogens with one attached hydrogen (secondary N) is 1. The molecule has 17 heavy (non-hydrogen) atoms. The van der Waals surface area contributed by atoms with Crippen molar-refractivity contribution in [3.63, 3.8) is 0 Å². The maximum absolute atomic E-state index is 10.7. The zero-order chi connectivity index (χ0) is 12.7. The minimum atomic E-state index is -0.501. The molecule has 0 amide bonds. The Morgan fingerprint density at radius 2 is 2.12 bits per heavy atom. The summed E-state index contributed by atoms with van der Waals surface area (Å²) in [5.41, 5.74) is 0.595. The molecule has 1 rings (SSSR count).